The van der Waals surface area contributed by atoms with E-state index >= 15 is 0 Å². The largest absolute Gasteiger partial charge is 0.383 e. The molecule has 1 unspecified atom stereocenters. The Kier molecular flexibility index (Phi) is 3.42. The number of aromatic amines is 1. The monoisotopic (exact) mass is 285 g/mol. The fourth-order valence-corrected chi connectivity index (χ4v) is 3.05. The number of hydrogen-bond donors (Lipinski definition) is 2. The smallest absolute Gasteiger partial charge is 0.251 e. The number of thiophene rings is 1. The van der Waals surface area contributed by atoms with E-state index in [-0.39, 0.29) is 5.56 Å². The van der Waals surface area contributed by atoms with Crippen molar-refractivity contribution in [1.29, 1.82) is 0 Å². The summed E-state index contributed by atoms with van der Waals surface area (Å²) in [6.07, 6.45) is 0.0830. The van der Waals surface area contributed by atoms with E-state index in [0.717, 1.165) is 26.9 Å². The molecule has 0 fully saturated rings. The molecule has 1 aromatic carbocycles. The molecule has 2 aromatic heterocycles. The summed E-state index contributed by atoms with van der Waals surface area (Å²) in [5, 5.41) is 13.3. The van der Waals surface area contributed by atoms with Crippen LogP contribution >= 0.6 is 11.3 Å². The molecule has 0 aliphatic rings. The van der Waals surface area contributed by atoms with E-state index < -0.39 is 6.10 Å². The average molecular weight is 285 g/mol. The van der Waals surface area contributed by atoms with Crippen LogP contribution in [-0.4, -0.2) is 10.1 Å². The van der Waals surface area contributed by atoms with Crippen molar-refractivity contribution in [2.45, 2.75) is 19.4 Å². The predicted octanol–water partition coefficient (Wildman–Crippen LogP) is 3.23. The molecule has 0 spiro atoms. The van der Waals surface area contributed by atoms with Crippen molar-refractivity contribution in [3.05, 3.63) is 68.1 Å². The van der Waals surface area contributed by atoms with E-state index in [1.165, 1.54) is 11.3 Å². The zero-order valence-electron chi connectivity index (χ0n) is 11.1. The minimum absolute atomic E-state index is 0.0356. The molecule has 4 heteroatoms. The van der Waals surface area contributed by atoms with Crippen LogP contribution in [0.3, 0.4) is 0 Å². The molecular formula is C16H15NO2S. The lowest BCUT2D eigenvalue weighted by molar-refractivity contribution is 0.224. The molecular weight excluding hydrogens is 270 g/mol. The van der Waals surface area contributed by atoms with Crippen molar-refractivity contribution in [3.8, 4) is 0 Å². The molecule has 2 heterocycles. The van der Waals surface area contributed by atoms with Gasteiger partial charge in [0.1, 0.15) is 6.10 Å². The number of rotatable bonds is 3. The first kappa shape index (κ1) is 13.1. The summed E-state index contributed by atoms with van der Waals surface area (Å²) >= 11 is 1.53. The summed E-state index contributed by atoms with van der Waals surface area (Å²) in [7, 11) is 0. The van der Waals surface area contributed by atoms with Crippen LogP contribution in [-0.2, 0) is 6.42 Å². The third kappa shape index (κ3) is 2.28. The van der Waals surface area contributed by atoms with E-state index in [0.29, 0.717) is 6.42 Å². The molecule has 3 aromatic rings. The third-order valence-corrected chi connectivity index (χ3v) is 4.38. The van der Waals surface area contributed by atoms with Gasteiger partial charge in [-0.05, 0) is 47.0 Å². The van der Waals surface area contributed by atoms with Gasteiger partial charge in [0.15, 0.2) is 0 Å². The highest BCUT2D eigenvalue weighted by Gasteiger charge is 2.12. The molecule has 0 saturated carbocycles. The van der Waals surface area contributed by atoms with Gasteiger partial charge in [-0.15, -0.1) is 11.3 Å². The van der Waals surface area contributed by atoms with Gasteiger partial charge in [-0.2, -0.15) is 0 Å². The summed E-state index contributed by atoms with van der Waals surface area (Å²) in [5.41, 5.74) is 2.37. The number of aromatic nitrogens is 1. The molecule has 102 valence electrons. The number of aliphatic hydroxyl groups is 1. The van der Waals surface area contributed by atoms with Crippen molar-refractivity contribution >= 4 is 22.2 Å². The minimum atomic E-state index is -0.614. The quantitative estimate of drug-likeness (QED) is 0.776. The molecule has 0 bridgehead atoms. The summed E-state index contributed by atoms with van der Waals surface area (Å²) < 4.78 is 0. The minimum Gasteiger partial charge on any atom is -0.383 e. The average Bonchev–Trinajstić information content (AvgIpc) is 2.99. The zero-order chi connectivity index (χ0) is 14.1. The summed E-state index contributed by atoms with van der Waals surface area (Å²) in [5.74, 6) is 0. The van der Waals surface area contributed by atoms with Crippen LogP contribution in [0.15, 0.2) is 46.6 Å². The van der Waals surface area contributed by atoms with Crippen LogP contribution in [0, 0.1) is 0 Å². The Morgan fingerprint density at radius 3 is 2.85 bits per heavy atom. The lowest BCUT2D eigenvalue weighted by atomic mass is 10.0. The Labute approximate surface area is 120 Å². The molecule has 0 aliphatic heterocycles. The fourth-order valence-electron chi connectivity index (χ4n) is 2.31. The Balaban J connectivity index is 2.10. The number of pyridine rings is 1. The first-order valence-electron chi connectivity index (χ1n) is 6.56. The van der Waals surface area contributed by atoms with Crippen molar-refractivity contribution in [2.24, 2.45) is 0 Å². The van der Waals surface area contributed by atoms with E-state index in [1.54, 1.807) is 0 Å². The summed E-state index contributed by atoms with van der Waals surface area (Å²) in [6.45, 7) is 1.96. The standard InChI is InChI=1S/C16H15NO2S/c1-2-10-8-12-9-11(5-6-13(12)17-16(10)19)15(18)14-4-3-7-20-14/h3-9,15,18H,2H2,1H3,(H,17,19). The number of hydrogen-bond acceptors (Lipinski definition) is 3. The number of nitrogens with one attached hydrogen (secondary N) is 1. The van der Waals surface area contributed by atoms with Gasteiger partial charge >= 0.3 is 0 Å². The highest BCUT2D eigenvalue weighted by Crippen LogP contribution is 2.27. The Morgan fingerprint density at radius 2 is 2.15 bits per heavy atom. The molecule has 20 heavy (non-hydrogen) atoms. The Hall–Kier alpha value is -1.91. The highest BCUT2D eigenvalue weighted by molar-refractivity contribution is 7.10. The van der Waals surface area contributed by atoms with Crippen molar-refractivity contribution in [2.75, 3.05) is 0 Å². The van der Waals surface area contributed by atoms with Crippen molar-refractivity contribution < 1.29 is 5.11 Å². The maximum Gasteiger partial charge on any atom is 0.251 e. The van der Waals surface area contributed by atoms with Gasteiger partial charge in [-0.1, -0.05) is 19.1 Å². The summed E-state index contributed by atoms with van der Waals surface area (Å²) in [4.78, 5) is 15.6. The SMILES string of the molecule is CCc1cc2cc(C(O)c3cccs3)ccc2[nH]c1=O. The maximum atomic E-state index is 11.8. The third-order valence-electron chi connectivity index (χ3n) is 3.45. The van der Waals surface area contributed by atoms with E-state index in [2.05, 4.69) is 4.98 Å². The molecule has 0 saturated heterocycles. The lowest BCUT2D eigenvalue weighted by Crippen LogP contribution is -2.11. The second-order valence-corrected chi connectivity index (χ2v) is 5.72. The number of benzene rings is 1. The van der Waals surface area contributed by atoms with Gasteiger partial charge in [0.2, 0.25) is 0 Å². The molecule has 1 atom stereocenters. The second kappa shape index (κ2) is 5.23. The Bertz CT molecular complexity index is 790. The fraction of sp³-hybridized carbons (Fsp3) is 0.188. The van der Waals surface area contributed by atoms with Gasteiger partial charge in [-0.3, -0.25) is 4.79 Å². The van der Waals surface area contributed by atoms with Crippen LogP contribution < -0.4 is 5.56 Å². The predicted molar refractivity (Wildman–Crippen MR) is 82.3 cm³/mol. The topological polar surface area (TPSA) is 53.1 Å². The first-order valence-corrected chi connectivity index (χ1v) is 7.44. The highest BCUT2D eigenvalue weighted by atomic mass is 32.1. The second-order valence-electron chi connectivity index (χ2n) is 4.74. The van der Waals surface area contributed by atoms with Crippen LogP contribution in [0.5, 0.6) is 0 Å². The van der Waals surface area contributed by atoms with Crippen LogP contribution in [0.2, 0.25) is 0 Å². The lowest BCUT2D eigenvalue weighted by Gasteiger charge is -2.10. The number of aliphatic hydroxyl groups excluding tert-OH is 1. The van der Waals surface area contributed by atoms with Crippen LogP contribution in [0.1, 0.15) is 29.0 Å². The van der Waals surface area contributed by atoms with Gasteiger partial charge in [-0.25, -0.2) is 0 Å². The molecule has 3 nitrogen and oxygen atoms in total. The van der Waals surface area contributed by atoms with Gasteiger partial charge in [0.25, 0.3) is 5.56 Å². The van der Waals surface area contributed by atoms with Crippen molar-refractivity contribution in [3.63, 3.8) is 0 Å². The molecule has 3 rings (SSSR count). The number of fused-ring (bicyclic) bond motifs is 1. The van der Waals surface area contributed by atoms with Gasteiger partial charge < -0.3 is 10.1 Å². The summed E-state index contributed by atoms with van der Waals surface area (Å²) in [6, 6.07) is 11.4. The molecule has 2 N–H and O–H groups in total. The van der Waals surface area contributed by atoms with Crippen LogP contribution in [0.4, 0.5) is 0 Å². The van der Waals surface area contributed by atoms with Gasteiger partial charge in [0.05, 0.1) is 0 Å². The number of aryl methyl sites for hydroxylation is 1. The molecule has 0 aliphatic carbocycles. The van der Waals surface area contributed by atoms with Crippen molar-refractivity contribution in [1.82, 2.24) is 4.98 Å². The normalized spacial score (nSPS) is 12.7. The molecule has 0 amide bonds. The molecule has 0 radical (unpaired) electrons. The first-order chi connectivity index (χ1) is 9.69. The van der Waals surface area contributed by atoms with E-state index in [1.807, 2.05) is 48.7 Å². The van der Waals surface area contributed by atoms with Crippen LogP contribution in [0.25, 0.3) is 10.9 Å². The van der Waals surface area contributed by atoms with E-state index in [9.17, 15) is 9.90 Å². The van der Waals surface area contributed by atoms with E-state index in [4.69, 9.17) is 0 Å². The zero-order valence-corrected chi connectivity index (χ0v) is 11.9. The number of H-pyrrole nitrogens is 1. The maximum absolute atomic E-state index is 11.8. The Morgan fingerprint density at radius 1 is 1.30 bits per heavy atom. The van der Waals surface area contributed by atoms with Gasteiger partial charge in [0, 0.05) is 16.0 Å².